The van der Waals surface area contributed by atoms with Crippen LogP contribution in [0.25, 0.3) is 22.1 Å². The maximum absolute atomic E-state index is 12.9. The highest BCUT2D eigenvalue weighted by molar-refractivity contribution is 14.1. The van der Waals surface area contributed by atoms with E-state index in [1.54, 1.807) is 18.6 Å². The molecule has 0 saturated heterocycles. The number of methoxy groups -OCH3 is 2. The number of aromatic nitrogens is 2. The van der Waals surface area contributed by atoms with Gasteiger partial charge in [0.15, 0.2) is 16.5 Å². The Morgan fingerprint density at radius 2 is 2.00 bits per heavy atom. The molecule has 4 rings (SSSR count). The molecule has 0 aliphatic heterocycles. The lowest BCUT2D eigenvalue weighted by atomic mass is 10.2. The van der Waals surface area contributed by atoms with Gasteiger partial charge in [-0.1, -0.05) is 23.5 Å². The number of hydrogen-bond donors (Lipinski definition) is 0. The van der Waals surface area contributed by atoms with Gasteiger partial charge in [0.1, 0.15) is 0 Å². The van der Waals surface area contributed by atoms with E-state index >= 15 is 0 Å². The molecule has 2 aromatic heterocycles. The number of rotatable bonds is 3. The first-order valence-electron chi connectivity index (χ1n) is 7.45. The number of ether oxygens (including phenoxy) is 2. The third kappa shape index (κ3) is 2.67. The quantitative estimate of drug-likeness (QED) is 0.438. The molecule has 0 spiro atoms. The normalized spacial score (nSPS) is 12.2. The Morgan fingerprint density at radius 1 is 1.20 bits per heavy atom. The highest BCUT2D eigenvalue weighted by Crippen LogP contribution is 2.33. The molecule has 0 atom stereocenters. The SMILES string of the molecule is COc1cc(I)cc(/C=c2\sc3nc4ccccc4n3c2=O)c1OC. The van der Waals surface area contributed by atoms with Crippen molar-refractivity contribution in [1.29, 1.82) is 0 Å². The number of para-hydroxylation sites is 2. The summed E-state index contributed by atoms with van der Waals surface area (Å²) in [5, 5.41) is 0. The monoisotopic (exact) mass is 464 g/mol. The van der Waals surface area contributed by atoms with Crippen LogP contribution in [0.4, 0.5) is 0 Å². The third-order valence-corrected chi connectivity index (χ3v) is 5.50. The average molecular weight is 464 g/mol. The number of benzene rings is 2. The maximum Gasteiger partial charge on any atom is 0.274 e. The van der Waals surface area contributed by atoms with Crippen molar-refractivity contribution in [1.82, 2.24) is 9.38 Å². The van der Waals surface area contributed by atoms with E-state index in [2.05, 4.69) is 27.6 Å². The molecule has 126 valence electrons. The summed E-state index contributed by atoms with van der Waals surface area (Å²) in [5.74, 6) is 1.25. The summed E-state index contributed by atoms with van der Waals surface area (Å²) < 4.78 is 14.1. The van der Waals surface area contributed by atoms with Crippen molar-refractivity contribution < 1.29 is 9.47 Å². The van der Waals surface area contributed by atoms with E-state index in [0.29, 0.717) is 21.0 Å². The largest absolute Gasteiger partial charge is 0.493 e. The molecule has 0 unspecified atom stereocenters. The number of imidazole rings is 1. The van der Waals surface area contributed by atoms with E-state index in [4.69, 9.17) is 9.47 Å². The van der Waals surface area contributed by atoms with Crippen molar-refractivity contribution in [2.75, 3.05) is 14.2 Å². The Hall–Kier alpha value is -2.13. The van der Waals surface area contributed by atoms with E-state index in [-0.39, 0.29) is 5.56 Å². The van der Waals surface area contributed by atoms with Crippen molar-refractivity contribution in [2.24, 2.45) is 0 Å². The molecular weight excluding hydrogens is 451 g/mol. The van der Waals surface area contributed by atoms with Gasteiger partial charge < -0.3 is 9.47 Å². The number of fused-ring (bicyclic) bond motifs is 3. The van der Waals surface area contributed by atoms with E-state index in [9.17, 15) is 4.79 Å². The standard InChI is InChI=1S/C18H13IN2O3S/c1-23-14-9-11(19)7-10(16(14)24-2)8-15-17(22)21-13-6-4-3-5-12(13)20-18(21)25-15/h3-9H,1-2H3/b15-8-. The van der Waals surface area contributed by atoms with E-state index in [1.807, 2.05) is 42.5 Å². The molecule has 2 heterocycles. The second kappa shape index (κ2) is 6.30. The molecule has 0 aliphatic carbocycles. The number of nitrogens with zero attached hydrogens (tertiary/aromatic N) is 2. The molecule has 5 nitrogen and oxygen atoms in total. The molecule has 0 fully saturated rings. The van der Waals surface area contributed by atoms with Crippen LogP contribution >= 0.6 is 33.9 Å². The first kappa shape index (κ1) is 16.3. The molecule has 7 heteroatoms. The predicted molar refractivity (Wildman–Crippen MR) is 108 cm³/mol. The summed E-state index contributed by atoms with van der Waals surface area (Å²) in [6.07, 6.45) is 1.83. The van der Waals surface area contributed by atoms with Gasteiger partial charge in [0.25, 0.3) is 5.56 Å². The highest BCUT2D eigenvalue weighted by Gasteiger charge is 2.13. The average Bonchev–Trinajstić information content (AvgIpc) is 3.11. The first-order valence-corrected chi connectivity index (χ1v) is 9.35. The summed E-state index contributed by atoms with van der Waals surface area (Å²) in [6.45, 7) is 0. The molecule has 2 aromatic carbocycles. The summed E-state index contributed by atoms with van der Waals surface area (Å²) in [4.78, 5) is 18.1. The van der Waals surface area contributed by atoms with Crippen molar-refractivity contribution in [3.63, 3.8) is 0 Å². The van der Waals surface area contributed by atoms with Crippen molar-refractivity contribution >= 4 is 56.0 Å². The van der Waals surface area contributed by atoms with Crippen molar-refractivity contribution in [2.45, 2.75) is 0 Å². The lowest BCUT2D eigenvalue weighted by Gasteiger charge is -2.10. The van der Waals surface area contributed by atoms with Crippen LogP contribution in [0, 0.1) is 3.57 Å². The molecule has 0 saturated carbocycles. The lowest BCUT2D eigenvalue weighted by molar-refractivity contribution is 0.354. The predicted octanol–water partition coefficient (Wildman–Crippen LogP) is 3.08. The second-order valence-electron chi connectivity index (χ2n) is 5.36. The topological polar surface area (TPSA) is 52.8 Å². The molecule has 0 bridgehead atoms. The van der Waals surface area contributed by atoms with E-state index in [1.165, 1.54) is 11.3 Å². The van der Waals surface area contributed by atoms with Gasteiger partial charge in [0.05, 0.1) is 29.8 Å². The van der Waals surface area contributed by atoms with Crippen LogP contribution in [0.15, 0.2) is 41.2 Å². The van der Waals surface area contributed by atoms with Gasteiger partial charge >= 0.3 is 0 Å². The maximum atomic E-state index is 12.9. The number of halogens is 1. The number of hydrogen-bond acceptors (Lipinski definition) is 5. The van der Waals surface area contributed by atoms with Gasteiger partial charge in [-0.2, -0.15) is 0 Å². The molecule has 0 amide bonds. The molecule has 0 radical (unpaired) electrons. The van der Waals surface area contributed by atoms with Gasteiger partial charge in [0, 0.05) is 9.13 Å². The highest BCUT2D eigenvalue weighted by atomic mass is 127. The zero-order valence-electron chi connectivity index (χ0n) is 13.4. The summed E-state index contributed by atoms with van der Waals surface area (Å²) in [5.41, 5.74) is 2.38. The van der Waals surface area contributed by atoms with Gasteiger partial charge in [-0.15, -0.1) is 0 Å². The van der Waals surface area contributed by atoms with Crippen LogP contribution < -0.4 is 19.6 Å². The fourth-order valence-corrected chi connectivity index (χ4v) is 4.42. The van der Waals surface area contributed by atoms with Gasteiger partial charge in [-0.25, -0.2) is 9.38 Å². The Kier molecular flexibility index (Phi) is 4.12. The Labute approximate surface area is 160 Å². The Morgan fingerprint density at radius 3 is 2.76 bits per heavy atom. The van der Waals surface area contributed by atoms with Gasteiger partial charge in [-0.3, -0.25) is 4.79 Å². The van der Waals surface area contributed by atoms with Crippen LogP contribution in [0.3, 0.4) is 0 Å². The molecule has 0 aliphatic rings. The van der Waals surface area contributed by atoms with Crippen LogP contribution in [0.5, 0.6) is 11.5 Å². The third-order valence-electron chi connectivity index (χ3n) is 3.90. The zero-order chi connectivity index (χ0) is 17.6. The first-order chi connectivity index (χ1) is 12.1. The minimum absolute atomic E-state index is 0.0754. The second-order valence-corrected chi connectivity index (χ2v) is 7.62. The summed E-state index contributed by atoms with van der Waals surface area (Å²) in [7, 11) is 3.19. The van der Waals surface area contributed by atoms with Crippen molar-refractivity contribution in [3.05, 3.63) is 60.4 Å². The summed E-state index contributed by atoms with van der Waals surface area (Å²) >= 11 is 3.58. The van der Waals surface area contributed by atoms with Crippen LogP contribution in [0.2, 0.25) is 0 Å². The van der Waals surface area contributed by atoms with Crippen LogP contribution in [0.1, 0.15) is 5.56 Å². The zero-order valence-corrected chi connectivity index (χ0v) is 16.4. The lowest BCUT2D eigenvalue weighted by Crippen LogP contribution is -2.22. The van der Waals surface area contributed by atoms with Crippen LogP contribution in [-0.4, -0.2) is 23.6 Å². The van der Waals surface area contributed by atoms with E-state index < -0.39 is 0 Å². The van der Waals surface area contributed by atoms with Crippen LogP contribution in [-0.2, 0) is 0 Å². The molecule has 0 N–H and O–H groups in total. The van der Waals surface area contributed by atoms with E-state index in [0.717, 1.165) is 20.2 Å². The minimum atomic E-state index is -0.0754. The Bertz CT molecular complexity index is 1210. The van der Waals surface area contributed by atoms with Crippen molar-refractivity contribution in [3.8, 4) is 11.5 Å². The smallest absolute Gasteiger partial charge is 0.274 e. The molecule has 4 aromatic rings. The number of thiazole rings is 1. The van der Waals surface area contributed by atoms with Gasteiger partial charge in [0.2, 0.25) is 0 Å². The fourth-order valence-electron chi connectivity index (χ4n) is 2.82. The summed E-state index contributed by atoms with van der Waals surface area (Å²) in [6, 6.07) is 11.5. The van der Waals surface area contributed by atoms with Gasteiger partial charge in [-0.05, 0) is 52.9 Å². The Balaban J connectivity index is 2.01. The molecular formula is C18H13IN2O3S. The fraction of sp³-hybridized carbons (Fsp3) is 0.111. The molecule has 25 heavy (non-hydrogen) atoms. The minimum Gasteiger partial charge on any atom is -0.493 e.